The van der Waals surface area contributed by atoms with Crippen LogP contribution < -0.4 is 0 Å². The van der Waals surface area contributed by atoms with Crippen LogP contribution in [0.2, 0.25) is 0 Å². The molecule has 0 aromatic carbocycles. The summed E-state index contributed by atoms with van der Waals surface area (Å²) in [6.07, 6.45) is 4.80. The highest BCUT2D eigenvalue weighted by Crippen LogP contribution is 2.07. The fourth-order valence-electron chi connectivity index (χ4n) is 1.76. The molecule has 0 radical (unpaired) electrons. The lowest BCUT2D eigenvalue weighted by molar-refractivity contribution is -0.142. The SMILES string of the molecule is CCCCCCN(CCC(=O)OC)C(=O)C(C)C. The quantitative estimate of drug-likeness (QED) is 0.471. The molecule has 1 amide bonds. The summed E-state index contributed by atoms with van der Waals surface area (Å²) >= 11 is 0. The van der Waals surface area contributed by atoms with Gasteiger partial charge in [-0.25, -0.2) is 0 Å². The molecule has 0 N–H and O–H groups in total. The molecule has 0 aromatic heterocycles. The Morgan fingerprint density at radius 2 is 1.78 bits per heavy atom. The maximum atomic E-state index is 12.0. The van der Waals surface area contributed by atoms with E-state index in [2.05, 4.69) is 11.7 Å². The first-order valence-corrected chi connectivity index (χ1v) is 6.88. The van der Waals surface area contributed by atoms with E-state index in [0.29, 0.717) is 6.54 Å². The molecule has 0 rings (SSSR count). The van der Waals surface area contributed by atoms with Gasteiger partial charge in [-0.1, -0.05) is 40.0 Å². The summed E-state index contributed by atoms with van der Waals surface area (Å²) in [4.78, 5) is 24.9. The van der Waals surface area contributed by atoms with Crippen LogP contribution in [0.3, 0.4) is 0 Å². The van der Waals surface area contributed by atoms with Crippen LogP contribution in [0.15, 0.2) is 0 Å². The average Bonchev–Trinajstić information content (AvgIpc) is 2.36. The Labute approximate surface area is 111 Å². The van der Waals surface area contributed by atoms with Crippen LogP contribution in [-0.4, -0.2) is 37.0 Å². The number of carbonyl (C=O) groups excluding carboxylic acids is 2. The highest BCUT2D eigenvalue weighted by Gasteiger charge is 2.17. The molecule has 106 valence electrons. The van der Waals surface area contributed by atoms with Gasteiger partial charge in [0, 0.05) is 19.0 Å². The van der Waals surface area contributed by atoms with Gasteiger partial charge in [0.05, 0.1) is 13.5 Å². The Morgan fingerprint density at radius 3 is 2.28 bits per heavy atom. The molecule has 0 saturated carbocycles. The predicted octanol–water partition coefficient (Wildman–Crippen LogP) is 2.61. The van der Waals surface area contributed by atoms with Gasteiger partial charge in [-0.2, -0.15) is 0 Å². The third-order valence-corrected chi connectivity index (χ3v) is 2.90. The largest absolute Gasteiger partial charge is 0.469 e. The van der Waals surface area contributed by atoms with Crippen molar-refractivity contribution >= 4 is 11.9 Å². The van der Waals surface area contributed by atoms with Crippen LogP contribution >= 0.6 is 0 Å². The molecule has 0 saturated heterocycles. The van der Waals surface area contributed by atoms with Crippen LogP contribution in [0.1, 0.15) is 52.9 Å². The molecule has 0 fully saturated rings. The van der Waals surface area contributed by atoms with Gasteiger partial charge < -0.3 is 9.64 Å². The van der Waals surface area contributed by atoms with E-state index in [1.54, 1.807) is 4.90 Å². The minimum absolute atomic E-state index is 0.0196. The van der Waals surface area contributed by atoms with Crippen molar-refractivity contribution in [2.45, 2.75) is 52.9 Å². The van der Waals surface area contributed by atoms with Crippen LogP contribution in [0.25, 0.3) is 0 Å². The molecule has 0 aliphatic heterocycles. The van der Waals surface area contributed by atoms with Crippen LogP contribution in [0.4, 0.5) is 0 Å². The molecular weight excluding hydrogens is 230 g/mol. The van der Waals surface area contributed by atoms with Gasteiger partial charge in [-0.3, -0.25) is 9.59 Å². The van der Waals surface area contributed by atoms with Crippen molar-refractivity contribution in [1.29, 1.82) is 0 Å². The van der Waals surface area contributed by atoms with Crippen LogP contribution in [0, 0.1) is 5.92 Å². The monoisotopic (exact) mass is 257 g/mol. The fourth-order valence-corrected chi connectivity index (χ4v) is 1.76. The predicted molar refractivity (Wildman–Crippen MR) is 72.2 cm³/mol. The molecule has 4 heteroatoms. The molecule has 18 heavy (non-hydrogen) atoms. The lowest BCUT2D eigenvalue weighted by atomic mass is 10.1. The highest BCUT2D eigenvalue weighted by atomic mass is 16.5. The van der Waals surface area contributed by atoms with E-state index in [4.69, 9.17) is 0 Å². The molecule has 0 unspecified atom stereocenters. The van der Waals surface area contributed by atoms with Crippen molar-refractivity contribution in [1.82, 2.24) is 4.90 Å². The van der Waals surface area contributed by atoms with E-state index in [9.17, 15) is 9.59 Å². The zero-order chi connectivity index (χ0) is 14.0. The van der Waals surface area contributed by atoms with Gasteiger partial charge in [-0.05, 0) is 6.42 Å². The van der Waals surface area contributed by atoms with E-state index >= 15 is 0 Å². The number of ether oxygens (including phenoxy) is 1. The number of methoxy groups -OCH3 is 1. The Balaban J connectivity index is 4.16. The number of carbonyl (C=O) groups is 2. The summed E-state index contributed by atoms with van der Waals surface area (Å²) < 4.78 is 4.61. The minimum Gasteiger partial charge on any atom is -0.469 e. The van der Waals surface area contributed by atoms with E-state index in [0.717, 1.165) is 19.4 Å². The van der Waals surface area contributed by atoms with Gasteiger partial charge in [0.25, 0.3) is 0 Å². The summed E-state index contributed by atoms with van der Waals surface area (Å²) in [5.74, 6) is -0.158. The van der Waals surface area contributed by atoms with Crippen molar-refractivity contribution in [2.24, 2.45) is 5.92 Å². The third-order valence-electron chi connectivity index (χ3n) is 2.90. The first-order valence-electron chi connectivity index (χ1n) is 6.88. The zero-order valence-electron chi connectivity index (χ0n) is 12.2. The average molecular weight is 257 g/mol. The van der Waals surface area contributed by atoms with Gasteiger partial charge >= 0.3 is 5.97 Å². The third kappa shape index (κ3) is 7.30. The summed E-state index contributed by atoms with van der Waals surface area (Å²) in [5.41, 5.74) is 0. The van der Waals surface area contributed by atoms with E-state index < -0.39 is 0 Å². The molecular formula is C14H27NO3. The Kier molecular flexibility index (Phi) is 9.33. The van der Waals surface area contributed by atoms with Crippen molar-refractivity contribution in [3.05, 3.63) is 0 Å². The minimum atomic E-state index is -0.259. The zero-order valence-corrected chi connectivity index (χ0v) is 12.2. The smallest absolute Gasteiger partial charge is 0.307 e. The molecule has 0 aliphatic rings. The van der Waals surface area contributed by atoms with Crippen molar-refractivity contribution in [3.8, 4) is 0 Å². The number of nitrogens with zero attached hydrogens (tertiary/aromatic N) is 1. The van der Waals surface area contributed by atoms with E-state index in [1.807, 2.05) is 13.8 Å². The number of unbranched alkanes of at least 4 members (excludes halogenated alkanes) is 3. The van der Waals surface area contributed by atoms with E-state index in [-0.39, 0.29) is 24.2 Å². The summed E-state index contributed by atoms with van der Waals surface area (Å²) in [7, 11) is 1.37. The lowest BCUT2D eigenvalue weighted by Gasteiger charge is -2.24. The molecule has 0 atom stereocenters. The second-order valence-corrected chi connectivity index (χ2v) is 4.87. The molecule has 0 aliphatic carbocycles. The number of rotatable bonds is 9. The number of esters is 1. The number of hydrogen-bond acceptors (Lipinski definition) is 3. The molecule has 0 bridgehead atoms. The number of hydrogen-bond donors (Lipinski definition) is 0. The molecule has 4 nitrogen and oxygen atoms in total. The topological polar surface area (TPSA) is 46.6 Å². The second kappa shape index (κ2) is 9.92. The maximum absolute atomic E-state index is 12.0. The normalized spacial score (nSPS) is 10.5. The van der Waals surface area contributed by atoms with Crippen molar-refractivity contribution in [2.75, 3.05) is 20.2 Å². The lowest BCUT2D eigenvalue weighted by Crippen LogP contribution is -2.36. The summed E-state index contributed by atoms with van der Waals surface area (Å²) in [6, 6.07) is 0. The first-order chi connectivity index (χ1) is 8.52. The highest BCUT2D eigenvalue weighted by molar-refractivity contribution is 5.79. The van der Waals surface area contributed by atoms with E-state index in [1.165, 1.54) is 20.0 Å². The Bertz CT molecular complexity index is 251. The van der Waals surface area contributed by atoms with Gasteiger partial charge in [-0.15, -0.1) is 0 Å². The number of amides is 1. The van der Waals surface area contributed by atoms with Crippen LogP contribution in [-0.2, 0) is 14.3 Å². The Morgan fingerprint density at radius 1 is 1.11 bits per heavy atom. The van der Waals surface area contributed by atoms with Crippen molar-refractivity contribution < 1.29 is 14.3 Å². The Hall–Kier alpha value is -1.06. The van der Waals surface area contributed by atoms with Gasteiger partial charge in [0.1, 0.15) is 0 Å². The summed E-state index contributed by atoms with van der Waals surface area (Å²) in [5, 5.41) is 0. The first kappa shape index (κ1) is 16.9. The van der Waals surface area contributed by atoms with Crippen molar-refractivity contribution in [3.63, 3.8) is 0 Å². The molecule has 0 heterocycles. The second-order valence-electron chi connectivity index (χ2n) is 4.87. The van der Waals surface area contributed by atoms with Gasteiger partial charge in [0.15, 0.2) is 0 Å². The molecule has 0 spiro atoms. The molecule has 0 aromatic rings. The standard InChI is InChI=1S/C14H27NO3/c1-5-6-7-8-10-15(14(17)12(2)3)11-9-13(16)18-4/h12H,5-11H2,1-4H3. The summed E-state index contributed by atoms with van der Waals surface area (Å²) in [6.45, 7) is 7.15. The van der Waals surface area contributed by atoms with Gasteiger partial charge in [0.2, 0.25) is 5.91 Å². The maximum Gasteiger partial charge on any atom is 0.307 e. The van der Waals surface area contributed by atoms with Crippen LogP contribution in [0.5, 0.6) is 0 Å². The fraction of sp³-hybridized carbons (Fsp3) is 0.857.